The first-order valence-corrected chi connectivity index (χ1v) is 10.1. The maximum atomic E-state index is 15.4. The normalized spacial score (nSPS) is 30.6. The molecule has 2 aliphatic rings. The molecule has 0 N–H and O–H groups in total. The first kappa shape index (κ1) is 18.7. The molecule has 2 bridgehead atoms. The van der Waals surface area contributed by atoms with Crippen molar-refractivity contribution in [3.63, 3.8) is 0 Å². The largest absolute Gasteiger partial charge is 0.497 e. The molecule has 148 valence electrons. The van der Waals surface area contributed by atoms with Crippen molar-refractivity contribution in [2.75, 3.05) is 20.2 Å². The van der Waals surface area contributed by atoms with Crippen LogP contribution in [0.25, 0.3) is 11.0 Å². The van der Waals surface area contributed by atoms with Crippen molar-refractivity contribution < 1.29 is 17.9 Å². The third kappa shape index (κ3) is 3.14. The summed E-state index contributed by atoms with van der Waals surface area (Å²) in [6, 6.07) is 5.27. The molecule has 3 unspecified atom stereocenters. The summed E-state index contributed by atoms with van der Waals surface area (Å²) in [5.74, 6) is -0.794. The van der Waals surface area contributed by atoms with Crippen LogP contribution in [0.5, 0.6) is 5.75 Å². The highest BCUT2D eigenvalue weighted by molar-refractivity contribution is 5.85. The van der Waals surface area contributed by atoms with E-state index in [9.17, 15) is 0 Å². The second-order valence-electron chi connectivity index (χ2n) is 8.54. The van der Waals surface area contributed by atoms with Crippen LogP contribution in [-0.2, 0) is 5.92 Å². The van der Waals surface area contributed by atoms with Crippen LogP contribution in [0.4, 0.5) is 8.78 Å². The Bertz CT molecular complexity index is 831. The predicted molar refractivity (Wildman–Crippen MR) is 103 cm³/mol. The third-order valence-electron chi connectivity index (χ3n) is 6.70. The molecule has 3 heterocycles. The van der Waals surface area contributed by atoms with E-state index in [2.05, 4.69) is 20.8 Å². The lowest BCUT2D eigenvalue weighted by Gasteiger charge is -2.42. The number of piperidine rings is 1. The van der Waals surface area contributed by atoms with Crippen molar-refractivity contribution in [1.82, 2.24) is 4.90 Å². The lowest BCUT2D eigenvalue weighted by molar-refractivity contribution is -0.0523. The van der Waals surface area contributed by atoms with Crippen LogP contribution in [0.15, 0.2) is 22.6 Å². The summed E-state index contributed by atoms with van der Waals surface area (Å²) < 4.78 is 42.1. The maximum Gasteiger partial charge on any atom is 0.289 e. The number of alkyl halides is 2. The fourth-order valence-electron chi connectivity index (χ4n) is 5.02. The Balaban J connectivity index is 1.82. The summed E-state index contributed by atoms with van der Waals surface area (Å²) in [4.78, 5) is 1.99. The van der Waals surface area contributed by atoms with Gasteiger partial charge in [-0.15, -0.1) is 0 Å². The number of nitrogens with zero attached hydrogens (tertiary/aromatic N) is 1. The van der Waals surface area contributed by atoms with Crippen LogP contribution >= 0.6 is 0 Å². The van der Waals surface area contributed by atoms with Gasteiger partial charge in [-0.1, -0.05) is 20.3 Å². The minimum absolute atomic E-state index is 0.00887. The van der Waals surface area contributed by atoms with Crippen molar-refractivity contribution in [1.29, 1.82) is 0 Å². The maximum absolute atomic E-state index is 15.4. The number of halogens is 2. The average Bonchev–Trinajstić information content (AvgIpc) is 3.01. The van der Waals surface area contributed by atoms with Gasteiger partial charge in [-0.2, -0.15) is 8.78 Å². The Morgan fingerprint density at radius 1 is 1.37 bits per heavy atom. The highest BCUT2D eigenvalue weighted by atomic mass is 19.3. The van der Waals surface area contributed by atoms with Crippen LogP contribution < -0.4 is 4.74 Å². The minimum atomic E-state index is -2.93. The Morgan fingerprint density at radius 2 is 2.15 bits per heavy atom. The molecule has 0 aliphatic carbocycles. The molecule has 1 saturated heterocycles. The molecule has 2 aromatic rings. The van der Waals surface area contributed by atoms with Gasteiger partial charge in [0.25, 0.3) is 5.92 Å². The molecule has 27 heavy (non-hydrogen) atoms. The standard InChI is InChI=1S/C22H29F2NO2/c1-5-13(2)8-15-9-17-14(3)25(11-15)12-22(23,24)20-18-10-16(26-4)6-7-19(18)27-21(17)20/h6-7,10,13-15,17H,5,8-9,11-12H2,1-4H3/t13?,14?,15-,17+/m0/s1. The number of furan rings is 1. The van der Waals surface area contributed by atoms with Crippen molar-refractivity contribution in [3.05, 3.63) is 29.5 Å². The highest BCUT2D eigenvalue weighted by Gasteiger charge is 2.50. The Hall–Kier alpha value is -1.62. The molecule has 4 rings (SSSR count). The fraction of sp³-hybridized carbons (Fsp3) is 0.636. The smallest absolute Gasteiger partial charge is 0.289 e. The zero-order valence-corrected chi connectivity index (χ0v) is 16.6. The van der Waals surface area contributed by atoms with Crippen molar-refractivity contribution in [2.45, 2.75) is 57.9 Å². The highest BCUT2D eigenvalue weighted by Crippen LogP contribution is 2.50. The lowest BCUT2D eigenvalue weighted by Crippen LogP contribution is -2.47. The molecule has 1 aromatic carbocycles. The van der Waals surface area contributed by atoms with Crippen LogP contribution in [0.2, 0.25) is 0 Å². The second-order valence-corrected chi connectivity index (χ2v) is 8.54. The van der Waals surface area contributed by atoms with E-state index in [1.807, 2.05) is 4.90 Å². The first-order valence-electron chi connectivity index (χ1n) is 10.1. The molecular formula is C22H29F2NO2. The van der Waals surface area contributed by atoms with Gasteiger partial charge in [-0.05, 0) is 49.8 Å². The molecule has 0 spiro atoms. The van der Waals surface area contributed by atoms with Gasteiger partial charge in [0.05, 0.1) is 19.2 Å². The Kier molecular flexibility index (Phi) is 4.69. The van der Waals surface area contributed by atoms with Crippen molar-refractivity contribution in [3.8, 4) is 5.75 Å². The number of ether oxygens (including phenoxy) is 1. The monoisotopic (exact) mass is 377 g/mol. The zero-order chi connectivity index (χ0) is 19.3. The van der Waals surface area contributed by atoms with Crippen LogP contribution in [0, 0.1) is 11.8 Å². The quantitative estimate of drug-likeness (QED) is 0.676. The molecule has 1 aromatic heterocycles. The molecule has 5 atom stereocenters. The number of methoxy groups -OCH3 is 1. The summed E-state index contributed by atoms with van der Waals surface area (Å²) in [7, 11) is 1.55. The van der Waals surface area contributed by atoms with Crippen LogP contribution in [0.3, 0.4) is 0 Å². The molecule has 2 aliphatic heterocycles. The van der Waals surface area contributed by atoms with Gasteiger partial charge in [0.2, 0.25) is 0 Å². The number of benzene rings is 1. The van der Waals surface area contributed by atoms with Crippen LogP contribution in [-0.4, -0.2) is 31.1 Å². The molecular weight excluding hydrogens is 348 g/mol. The summed E-state index contributed by atoms with van der Waals surface area (Å²) in [6.07, 6.45) is 3.13. The first-order chi connectivity index (χ1) is 12.8. The van der Waals surface area contributed by atoms with Crippen LogP contribution in [0.1, 0.15) is 57.3 Å². The summed E-state index contributed by atoms with van der Waals surface area (Å²) in [5, 5.41) is 0.494. The van der Waals surface area contributed by atoms with Gasteiger partial charge in [0.15, 0.2) is 0 Å². The number of rotatable bonds is 4. The summed E-state index contributed by atoms with van der Waals surface area (Å²) in [5.41, 5.74) is 0.616. The fourth-order valence-corrected chi connectivity index (χ4v) is 5.02. The van der Waals surface area contributed by atoms with E-state index in [1.54, 1.807) is 25.3 Å². The van der Waals surface area contributed by atoms with Gasteiger partial charge in [-0.25, -0.2) is 0 Å². The van der Waals surface area contributed by atoms with E-state index in [0.717, 1.165) is 25.8 Å². The number of hydrogen-bond donors (Lipinski definition) is 0. The number of hydrogen-bond acceptors (Lipinski definition) is 3. The molecule has 5 heteroatoms. The third-order valence-corrected chi connectivity index (χ3v) is 6.70. The summed E-state index contributed by atoms with van der Waals surface area (Å²) in [6.45, 7) is 7.04. The second kappa shape index (κ2) is 6.77. The van der Waals surface area contributed by atoms with E-state index in [4.69, 9.17) is 9.15 Å². The summed E-state index contributed by atoms with van der Waals surface area (Å²) >= 11 is 0. The van der Waals surface area contributed by atoms with Gasteiger partial charge < -0.3 is 9.15 Å². The minimum Gasteiger partial charge on any atom is -0.497 e. The van der Waals surface area contributed by atoms with Gasteiger partial charge in [-0.3, -0.25) is 4.90 Å². The molecule has 0 saturated carbocycles. The molecule has 0 radical (unpaired) electrons. The SMILES string of the molecule is CCC(C)C[C@H]1C[C@H]2c3oc4ccc(OC)cc4c3C(F)(F)CN(C1)C2C. The lowest BCUT2D eigenvalue weighted by atomic mass is 9.78. The molecule has 0 amide bonds. The Morgan fingerprint density at radius 3 is 2.85 bits per heavy atom. The van der Waals surface area contributed by atoms with Gasteiger partial charge >= 0.3 is 0 Å². The average molecular weight is 377 g/mol. The van der Waals surface area contributed by atoms with Gasteiger partial charge in [0.1, 0.15) is 17.1 Å². The van der Waals surface area contributed by atoms with Gasteiger partial charge in [0, 0.05) is 23.9 Å². The van der Waals surface area contributed by atoms with Crippen molar-refractivity contribution >= 4 is 11.0 Å². The predicted octanol–water partition coefficient (Wildman–Crippen LogP) is 5.78. The molecule has 3 nitrogen and oxygen atoms in total. The van der Waals surface area contributed by atoms with E-state index < -0.39 is 5.92 Å². The molecule has 1 fully saturated rings. The Labute approximate surface area is 159 Å². The van der Waals surface area contributed by atoms with E-state index in [-0.39, 0.29) is 24.1 Å². The topological polar surface area (TPSA) is 25.6 Å². The van der Waals surface area contributed by atoms with Crippen molar-refractivity contribution in [2.24, 2.45) is 11.8 Å². The van der Waals surface area contributed by atoms with E-state index in [1.165, 1.54) is 0 Å². The number of fused-ring (bicyclic) bond motifs is 6. The van der Waals surface area contributed by atoms with E-state index in [0.29, 0.717) is 34.3 Å². The van der Waals surface area contributed by atoms with E-state index >= 15 is 8.78 Å². The zero-order valence-electron chi connectivity index (χ0n) is 16.6.